The van der Waals surface area contributed by atoms with Crippen LogP contribution in [-0.2, 0) is 9.84 Å². The fraction of sp³-hybridized carbons (Fsp3) is 0.538. The monoisotopic (exact) mass is 268 g/mol. The van der Waals surface area contributed by atoms with Crippen LogP contribution in [0.1, 0.15) is 25.7 Å². The van der Waals surface area contributed by atoms with Gasteiger partial charge in [-0.25, -0.2) is 8.42 Å². The van der Waals surface area contributed by atoms with Gasteiger partial charge in [0.2, 0.25) is 0 Å². The quantitative estimate of drug-likeness (QED) is 0.834. The first-order chi connectivity index (χ1) is 8.48. The fourth-order valence-corrected chi connectivity index (χ4v) is 3.33. The Bertz CT molecular complexity index is 518. The Kier molecular flexibility index (Phi) is 3.80. The molecule has 0 radical (unpaired) electrons. The fourth-order valence-electron chi connectivity index (χ4n) is 2.40. The second kappa shape index (κ2) is 5.18. The predicted octanol–water partition coefficient (Wildman–Crippen LogP) is 2.05. The highest BCUT2D eigenvalue weighted by Crippen LogP contribution is 2.29. The first kappa shape index (κ1) is 13.2. The minimum Gasteiger partial charge on any atom is -0.399 e. The maximum Gasteiger partial charge on any atom is 0.177 e. The lowest BCUT2D eigenvalue weighted by molar-refractivity contribution is 0.601. The van der Waals surface area contributed by atoms with E-state index in [1.165, 1.54) is 19.1 Å². The van der Waals surface area contributed by atoms with Gasteiger partial charge in [0.05, 0.1) is 10.6 Å². The third-order valence-corrected chi connectivity index (χ3v) is 4.46. The van der Waals surface area contributed by atoms with E-state index in [-0.39, 0.29) is 0 Å². The van der Waals surface area contributed by atoms with E-state index in [4.69, 9.17) is 5.73 Å². The molecule has 1 saturated heterocycles. The molecule has 0 spiro atoms. The standard InChI is InChI=1S/C13H20N2O2S/c1-18(16,17)13-10-11(14)6-7-12(13)15-8-4-2-3-5-9-15/h6-7,10H,2-5,8-9,14H2,1H3. The van der Waals surface area contributed by atoms with Crippen molar-refractivity contribution in [2.45, 2.75) is 30.6 Å². The highest BCUT2D eigenvalue weighted by atomic mass is 32.2. The van der Waals surface area contributed by atoms with Crippen LogP contribution in [0, 0.1) is 0 Å². The molecule has 1 aromatic rings. The molecule has 1 aromatic carbocycles. The van der Waals surface area contributed by atoms with E-state index in [1.807, 2.05) is 6.07 Å². The molecule has 1 fully saturated rings. The Hall–Kier alpha value is -1.23. The van der Waals surface area contributed by atoms with Crippen molar-refractivity contribution >= 4 is 21.2 Å². The van der Waals surface area contributed by atoms with E-state index < -0.39 is 9.84 Å². The number of rotatable bonds is 2. The summed E-state index contributed by atoms with van der Waals surface area (Å²) in [6.45, 7) is 1.85. The Morgan fingerprint density at radius 3 is 2.28 bits per heavy atom. The van der Waals surface area contributed by atoms with E-state index in [0.717, 1.165) is 31.6 Å². The molecule has 0 saturated carbocycles. The number of hydrogen-bond acceptors (Lipinski definition) is 4. The lowest BCUT2D eigenvalue weighted by Crippen LogP contribution is -2.25. The van der Waals surface area contributed by atoms with Gasteiger partial charge in [-0.2, -0.15) is 0 Å². The van der Waals surface area contributed by atoms with Gasteiger partial charge in [0.1, 0.15) is 0 Å². The second-order valence-corrected chi connectivity index (χ2v) is 6.88. The maximum atomic E-state index is 11.9. The number of hydrogen-bond donors (Lipinski definition) is 1. The summed E-state index contributed by atoms with van der Waals surface area (Å²) in [4.78, 5) is 2.52. The summed E-state index contributed by atoms with van der Waals surface area (Å²) in [5.41, 5.74) is 7.00. The molecule has 5 heteroatoms. The summed E-state index contributed by atoms with van der Waals surface area (Å²) < 4.78 is 23.7. The third kappa shape index (κ3) is 2.96. The van der Waals surface area contributed by atoms with Crippen molar-refractivity contribution in [3.05, 3.63) is 18.2 Å². The summed E-state index contributed by atoms with van der Waals surface area (Å²) in [6.07, 6.45) is 5.92. The highest BCUT2D eigenvalue weighted by Gasteiger charge is 2.19. The van der Waals surface area contributed by atoms with Crippen LogP contribution < -0.4 is 10.6 Å². The molecule has 18 heavy (non-hydrogen) atoms. The molecule has 0 unspecified atom stereocenters. The molecular weight excluding hydrogens is 248 g/mol. The van der Waals surface area contributed by atoms with Crippen LogP contribution in [-0.4, -0.2) is 27.8 Å². The van der Waals surface area contributed by atoms with Crippen molar-refractivity contribution in [1.29, 1.82) is 0 Å². The lowest BCUT2D eigenvalue weighted by Gasteiger charge is -2.25. The highest BCUT2D eigenvalue weighted by molar-refractivity contribution is 7.90. The van der Waals surface area contributed by atoms with Crippen molar-refractivity contribution in [2.75, 3.05) is 30.0 Å². The van der Waals surface area contributed by atoms with E-state index in [0.29, 0.717) is 10.6 Å². The molecule has 2 rings (SSSR count). The van der Waals surface area contributed by atoms with Crippen LogP contribution in [0.15, 0.2) is 23.1 Å². The van der Waals surface area contributed by atoms with Gasteiger partial charge >= 0.3 is 0 Å². The van der Waals surface area contributed by atoms with Crippen molar-refractivity contribution in [1.82, 2.24) is 0 Å². The Morgan fingerprint density at radius 2 is 1.72 bits per heavy atom. The summed E-state index contributed by atoms with van der Waals surface area (Å²) >= 11 is 0. The van der Waals surface area contributed by atoms with E-state index in [2.05, 4.69) is 4.90 Å². The molecule has 0 bridgehead atoms. The molecule has 0 aliphatic carbocycles. The summed E-state index contributed by atoms with van der Waals surface area (Å²) in [6, 6.07) is 5.17. The number of benzene rings is 1. The van der Waals surface area contributed by atoms with Crippen molar-refractivity contribution in [2.24, 2.45) is 0 Å². The molecule has 0 atom stereocenters. The van der Waals surface area contributed by atoms with E-state index in [1.54, 1.807) is 12.1 Å². The number of nitrogens with zero attached hydrogens (tertiary/aromatic N) is 1. The SMILES string of the molecule is CS(=O)(=O)c1cc(N)ccc1N1CCCCCC1. The normalized spacial score (nSPS) is 17.5. The summed E-state index contributed by atoms with van der Waals surface area (Å²) in [7, 11) is -3.24. The molecule has 1 heterocycles. The van der Waals surface area contributed by atoms with E-state index in [9.17, 15) is 8.42 Å². The Labute approximate surface area is 109 Å². The molecule has 2 N–H and O–H groups in total. The van der Waals surface area contributed by atoms with Crippen molar-refractivity contribution < 1.29 is 8.42 Å². The smallest absolute Gasteiger partial charge is 0.177 e. The number of nitrogen functional groups attached to an aromatic ring is 1. The first-order valence-electron chi connectivity index (χ1n) is 6.33. The largest absolute Gasteiger partial charge is 0.399 e. The van der Waals surface area contributed by atoms with Crippen molar-refractivity contribution in [3.63, 3.8) is 0 Å². The third-order valence-electron chi connectivity index (χ3n) is 3.33. The van der Waals surface area contributed by atoms with Gasteiger partial charge in [0.15, 0.2) is 9.84 Å². The Morgan fingerprint density at radius 1 is 1.11 bits per heavy atom. The molecule has 1 aliphatic rings. The van der Waals surface area contributed by atoms with Crippen LogP contribution >= 0.6 is 0 Å². The first-order valence-corrected chi connectivity index (χ1v) is 8.22. The molecular formula is C13H20N2O2S. The van der Waals surface area contributed by atoms with Crippen LogP contribution in [0.2, 0.25) is 0 Å². The van der Waals surface area contributed by atoms with Gasteiger partial charge < -0.3 is 10.6 Å². The molecule has 1 aliphatic heterocycles. The second-order valence-electron chi connectivity index (χ2n) is 4.90. The molecule has 0 amide bonds. The maximum absolute atomic E-state index is 11.9. The van der Waals surface area contributed by atoms with Crippen LogP contribution in [0.3, 0.4) is 0 Å². The number of anilines is 2. The zero-order valence-electron chi connectivity index (χ0n) is 10.7. The minimum atomic E-state index is -3.24. The summed E-state index contributed by atoms with van der Waals surface area (Å²) in [5, 5.41) is 0. The van der Waals surface area contributed by atoms with Gasteiger partial charge in [-0.3, -0.25) is 0 Å². The van der Waals surface area contributed by atoms with Crippen LogP contribution in [0.4, 0.5) is 11.4 Å². The van der Waals surface area contributed by atoms with Crippen LogP contribution in [0.5, 0.6) is 0 Å². The van der Waals surface area contributed by atoms with Gasteiger partial charge in [0.25, 0.3) is 0 Å². The van der Waals surface area contributed by atoms with Gasteiger partial charge in [0, 0.05) is 25.0 Å². The van der Waals surface area contributed by atoms with Crippen molar-refractivity contribution in [3.8, 4) is 0 Å². The van der Waals surface area contributed by atoms with E-state index >= 15 is 0 Å². The lowest BCUT2D eigenvalue weighted by atomic mass is 10.2. The van der Waals surface area contributed by atoms with Gasteiger partial charge in [-0.05, 0) is 31.0 Å². The average molecular weight is 268 g/mol. The number of nitrogens with two attached hydrogens (primary N) is 1. The summed E-state index contributed by atoms with van der Waals surface area (Å²) in [5.74, 6) is 0. The predicted molar refractivity (Wildman–Crippen MR) is 74.6 cm³/mol. The average Bonchev–Trinajstić information content (AvgIpc) is 2.56. The number of sulfone groups is 1. The van der Waals surface area contributed by atoms with Gasteiger partial charge in [-0.1, -0.05) is 12.8 Å². The van der Waals surface area contributed by atoms with Crippen LogP contribution in [0.25, 0.3) is 0 Å². The minimum absolute atomic E-state index is 0.351. The molecule has 4 nitrogen and oxygen atoms in total. The molecule has 100 valence electrons. The molecule has 0 aromatic heterocycles. The Balaban J connectivity index is 2.43. The van der Waals surface area contributed by atoms with Gasteiger partial charge in [-0.15, -0.1) is 0 Å². The zero-order chi connectivity index (χ0) is 13.2. The zero-order valence-corrected chi connectivity index (χ0v) is 11.5. The topological polar surface area (TPSA) is 63.4 Å².